The summed E-state index contributed by atoms with van der Waals surface area (Å²) in [5.41, 5.74) is 0.814. The first kappa shape index (κ1) is 12.2. The maximum absolute atomic E-state index is 10.1. The minimum atomic E-state index is -0.528. The molecule has 94 valence electrons. The fourth-order valence-corrected chi connectivity index (χ4v) is 1.71. The molecule has 0 spiro atoms. The summed E-state index contributed by atoms with van der Waals surface area (Å²) in [4.78, 5) is 0. The number of rotatable bonds is 6. The van der Waals surface area contributed by atoms with E-state index in [0.717, 1.165) is 5.56 Å². The van der Waals surface area contributed by atoms with Crippen LogP contribution in [0.2, 0.25) is 0 Å². The van der Waals surface area contributed by atoms with E-state index in [4.69, 9.17) is 9.47 Å². The predicted octanol–water partition coefficient (Wildman–Crippen LogP) is 1.49. The summed E-state index contributed by atoms with van der Waals surface area (Å²) in [5, 5.41) is 13.4. The van der Waals surface area contributed by atoms with Crippen LogP contribution in [-0.2, 0) is 0 Å². The Morgan fingerprint density at radius 1 is 1.24 bits per heavy atom. The number of ether oxygens (including phenoxy) is 2. The Labute approximate surface area is 102 Å². The Morgan fingerprint density at radius 2 is 1.82 bits per heavy atom. The van der Waals surface area contributed by atoms with Crippen LogP contribution in [0, 0.1) is 0 Å². The zero-order chi connectivity index (χ0) is 12.3. The summed E-state index contributed by atoms with van der Waals surface area (Å²) >= 11 is 0. The molecule has 1 atom stereocenters. The maximum Gasteiger partial charge on any atom is 0.122 e. The van der Waals surface area contributed by atoms with Gasteiger partial charge in [-0.05, 0) is 30.5 Å². The van der Waals surface area contributed by atoms with E-state index < -0.39 is 6.10 Å². The highest BCUT2D eigenvalue weighted by Crippen LogP contribution is 2.27. The van der Waals surface area contributed by atoms with Gasteiger partial charge in [0, 0.05) is 18.7 Å². The molecule has 1 saturated carbocycles. The summed E-state index contributed by atoms with van der Waals surface area (Å²) in [5.74, 6) is 1.40. The van der Waals surface area contributed by atoms with Crippen molar-refractivity contribution in [3.05, 3.63) is 23.8 Å². The molecular formula is C13H19NO3. The summed E-state index contributed by atoms with van der Waals surface area (Å²) in [7, 11) is 3.21. The highest BCUT2D eigenvalue weighted by Gasteiger charge is 2.22. The molecule has 4 nitrogen and oxygen atoms in total. The van der Waals surface area contributed by atoms with E-state index in [2.05, 4.69) is 5.32 Å². The van der Waals surface area contributed by atoms with E-state index in [1.165, 1.54) is 12.8 Å². The van der Waals surface area contributed by atoms with Crippen molar-refractivity contribution in [2.45, 2.75) is 25.0 Å². The Balaban J connectivity index is 2.05. The minimum absolute atomic E-state index is 0.528. The molecular weight excluding hydrogens is 218 g/mol. The number of benzene rings is 1. The molecule has 4 heteroatoms. The fourth-order valence-electron chi connectivity index (χ4n) is 1.71. The predicted molar refractivity (Wildman–Crippen MR) is 65.5 cm³/mol. The van der Waals surface area contributed by atoms with E-state index in [-0.39, 0.29) is 0 Å². The number of nitrogens with one attached hydrogen (secondary N) is 1. The number of aliphatic hydroxyl groups is 1. The van der Waals surface area contributed by atoms with E-state index in [0.29, 0.717) is 24.1 Å². The van der Waals surface area contributed by atoms with Crippen LogP contribution in [0.3, 0.4) is 0 Å². The average molecular weight is 237 g/mol. The quantitative estimate of drug-likeness (QED) is 0.787. The van der Waals surface area contributed by atoms with E-state index in [1.54, 1.807) is 20.3 Å². The van der Waals surface area contributed by atoms with Gasteiger partial charge in [-0.2, -0.15) is 0 Å². The topological polar surface area (TPSA) is 50.7 Å². The lowest BCUT2D eigenvalue weighted by Gasteiger charge is -2.14. The van der Waals surface area contributed by atoms with Gasteiger partial charge in [0.15, 0.2) is 0 Å². The molecule has 1 aromatic rings. The minimum Gasteiger partial charge on any atom is -0.497 e. The van der Waals surface area contributed by atoms with Crippen LogP contribution in [-0.4, -0.2) is 31.9 Å². The Morgan fingerprint density at radius 3 is 2.29 bits per heavy atom. The molecule has 0 radical (unpaired) electrons. The summed E-state index contributed by atoms with van der Waals surface area (Å²) in [6.07, 6.45) is 1.90. The Bertz CT molecular complexity index is 355. The van der Waals surface area contributed by atoms with Crippen LogP contribution >= 0.6 is 0 Å². The van der Waals surface area contributed by atoms with Crippen molar-refractivity contribution in [1.82, 2.24) is 5.32 Å². The zero-order valence-corrected chi connectivity index (χ0v) is 10.3. The lowest BCUT2D eigenvalue weighted by atomic mass is 10.1. The summed E-state index contributed by atoms with van der Waals surface area (Å²) in [6, 6.07) is 6.06. The SMILES string of the molecule is COc1cc(OC)cc(C(O)CNC2CC2)c1. The third-order valence-electron chi connectivity index (χ3n) is 2.94. The molecule has 17 heavy (non-hydrogen) atoms. The third kappa shape index (κ3) is 3.35. The Kier molecular flexibility index (Phi) is 3.86. The van der Waals surface area contributed by atoms with Crippen LogP contribution in [0.25, 0.3) is 0 Å². The van der Waals surface area contributed by atoms with Gasteiger partial charge in [-0.1, -0.05) is 0 Å². The van der Waals surface area contributed by atoms with Crippen LogP contribution in [0.4, 0.5) is 0 Å². The first-order valence-electron chi connectivity index (χ1n) is 5.87. The molecule has 0 aliphatic heterocycles. The summed E-state index contributed by atoms with van der Waals surface area (Å²) in [6.45, 7) is 0.570. The van der Waals surface area contributed by atoms with Gasteiger partial charge in [-0.25, -0.2) is 0 Å². The number of hydrogen-bond donors (Lipinski definition) is 2. The van der Waals surface area contributed by atoms with Gasteiger partial charge in [0.25, 0.3) is 0 Å². The molecule has 0 bridgehead atoms. The molecule has 1 aromatic carbocycles. The summed E-state index contributed by atoms with van der Waals surface area (Å²) < 4.78 is 10.3. The number of hydrogen-bond acceptors (Lipinski definition) is 4. The molecule has 1 unspecified atom stereocenters. The van der Waals surface area contributed by atoms with Crippen LogP contribution in [0.1, 0.15) is 24.5 Å². The first-order chi connectivity index (χ1) is 8.22. The highest BCUT2D eigenvalue weighted by atomic mass is 16.5. The van der Waals surface area contributed by atoms with Crippen molar-refractivity contribution < 1.29 is 14.6 Å². The third-order valence-corrected chi connectivity index (χ3v) is 2.94. The molecule has 0 amide bonds. The second-order valence-corrected chi connectivity index (χ2v) is 4.34. The van der Waals surface area contributed by atoms with Crippen molar-refractivity contribution >= 4 is 0 Å². The molecule has 1 aliphatic rings. The van der Waals surface area contributed by atoms with Crippen molar-refractivity contribution in [3.63, 3.8) is 0 Å². The van der Waals surface area contributed by atoms with Gasteiger partial charge in [-0.3, -0.25) is 0 Å². The van der Waals surface area contributed by atoms with Crippen LogP contribution < -0.4 is 14.8 Å². The molecule has 0 aromatic heterocycles. The lowest BCUT2D eigenvalue weighted by Crippen LogP contribution is -2.23. The molecule has 1 fully saturated rings. The van der Waals surface area contributed by atoms with Crippen LogP contribution in [0.5, 0.6) is 11.5 Å². The molecule has 0 saturated heterocycles. The second-order valence-electron chi connectivity index (χ2n) is 4.34. The monoisotopic (exact) mass is 237 g/mol. The van der Waals surface area contributed by atoms with Crippen molar-refractivity contribution in [3.8, 4) is 11.5 Å². The van der Waals surface area contributed by atoms with Crippen LogP contribution in [0.15, 0.2) is 18.2 Å². The van der Waals surface area contributed by atoms with Gasteiger partial charge < -0.3 is 19.9 Å². The van der Waals surface area contributed by atoms with Crippen molar-refractivity contribution in [2.24, 2.45) is 0 Å². The second kappa shape index (κ2) is 5.38. The average Bonchev–Trinajstić information content (AvgIpc) is 3.19. The van der Waals surface area contributed by atoms with Crippen molar-refractivity contribution in [2.75, 3.05) is 20.8 Å². The van der Waals surface area contributed by atoms with Gasteiger partial charge in [0.1, 0.15) is 11.5 Å². The van der Waals surface area contributed by atoms with E-state index >= 15 is 0 Å². The van der Waals surface area contributed by atoms with E-state index in [9.17, 15) is 5.11 Å². The standard InChI is InChI=1S/C13H19NO3/c1-16-11-5-9(6-12(7-11)17-2)13(15)8-14-10-3-4-10/h5-7,10,13-15H,3-4,8H2,1-2H3. The van der Waals surface area contributed by atoms with Gasteiger partial charge in [-0.15, -0.1) is 0 Å². The lowest BCUT2D eigenvalue weighted by molar-refractivity contribution is 0.173. The van der Waals surface area contributed by atoms with Gasteiger partial charge in [0.2, 0.25) is 0 Å². The normalized spacial score (nSPS) is 16.6. The maximum atomic E-state index is 10.1. The fraction of sp³-hybridized carbons (Fsp3) is 0.538. The van der Waals surface area contributed by atoms with Gasteiger partial charge >= 0.3 is 0 Å². The molecule has 2 N–H and O–H groups in total. The molecule has 2 rings (SSSR count). The number of methoxy groups -OCH3 is 2. The first-order valence-corrected chi connectivity index (χ1v) is 5.87. The zero-order valence-electron chi connectivity index (χ0n) is 10.3. The molecule has 0 heterocycles. The van der Waals surface area contributed by atoms with Gasteiger partial charge in [0.05, 0.1) is 20.3 Å². The Hall–Kier alpha value is -1.26. The van der Waals surface area contributed by atoms with Crippen molar-refractivity contribution in [1.29, 1.82) is 0 Å². The smallest absolute Gasteiger partial charge is 0.122 e. The number of aliphatic hydroxyl groups excluding tert-OH is 1. The molecule has 1 aliphatic carbocycles. The van der Waals surface area contributed by atoms with E-state index in [1.807, 2.05) is 12.1 Å². The largest absolute Gasteiger partial charge is 0.497 e. The highest BCUT2D eigenvalue weighted by molar-refractivity contribution is 5.39.